The summed E-state index contributed by atoms with van der Waals surface area (Å²) < 4.78 is 4.71. The van der Waals surface area contributed by atoms with Gasteiger partial charge in [-0.3, -0.25) is 0 Å². The van der Waals surface area contributed by atoms with Gasteiger partial charge < -0.3 is 9.13 Å². The predicted octanol–water partition coefficient (Wildman–Crippen LogP) is 11.2. The molecule has 0 saturated carbocycles. The maximum absolute atomic E-state index is 10.3. The fourth-order valence-corrected chi connectivity index (χ4v) is 7.64. The van der Waals surface area contributed by atoms with Crippen molar-refractivity contribution < 1.29 is 0 Å². The average Bonchev–Trinajstić information content (AvgIpc) is 3.68. The van der Waals surface area contributed by atoms with Crippen LogP contribution in [0.2, 0.25) is 0 Å². The number of fused-ring (bicyclic) bond motifs is 6. The molecule has 7 aromatic rings. The summed E-state index contributed by atoms with van der Waals surface area (Å²) in [5, 5.41) is 23.5. The highest BCUT2D eigenvalue weighted by Crippen LogP contribution is 2.39. The molecule has 0 amide bonds. The molecule has 8 rings (SSSR count). The van der Waals surface area contributed by atoms with Crippen LogP contribution in [0, 0.1) is 22.7 Å². The summed E-state index contributed by atoms with van der Waals surface area (Å²) in [6.07, 6.45) is 14.4. The topological polar surface area (TPSA) is 57.4 Å². The van der Waals surface area contributed by atoms with Crippen molar-refractivity contribution in [2.75, 3.05) is 0 Å². The standard InChI is InChI=1S/C45H34N4/c1-2-33(48-43-27-12-8-22-39(43)45-32(30-47)16-14-28-44(45)48)17-3-4-18-34-31(29-46)15-13-23-35(34)36-19-5-9-24-40(36)49-41-25-10-6-20-37(41)38-21-7-11-26-42(38)49/h3-10,12-17,19-25,27-28H,2,11,18,26H2,1H3/b4-3-,33-17+. The van der Waals surface area contributed by atoms with E-state index < -0.39 is 0 Å². The lowest BCUT2D eigenvalue weighted by Gasteiger charge is -2.19. The van der Waals surface area contributed by atoms with Crippen molar-refractivity contribution in [2.24, 2.45) is 0 Å². The Hall–Kier alpha value is -6.36. The van der Waals surface area contributed by atoms with Crippen molar-refractivity contribution >= 4 is 44.5 Å². The number of nitrogens with zero attached hydrogens (tertiary/aromatic N) is 4. The second-order valence-corrected chi connectivity index (χ2v) is 12.4. The van der Waals surface area contributed by atoms with Gasteiger partial charge in [0.1, 0.15) is 0 Å². The first-order valence-corrected chi connectivity index (χ1v) is 16.9. The van der Waals surface area contributed by atoms with Gasteiger partial charge in [0.25, 0.3) is 0 Å². The number of hydrogen-bond donors (Lipinski definition) is 0. The van der Waals surface area contributed by atoms with Crippen molar-refractivity contribution in [2.45, 2.75) is 32.6 Å². The molecule has 0 fully saturated rings. The molecule has 0 spiro atoms. The van der Waals surface area contributed by atoms with Crippen LogP contribution in [0.5, 0.6) is 0 Å². The number of para-hydroxylation sites is 3. The lowest BCUT2D eigenvalue weighted by Crippen LogP contribution is -2.05. The molecule has 0 unspecified atom stereocenters. The third-order valence-corrected chi connectivity index (χ3v) is 9.79. The van der Waals surface area contributed by atoms with Crippen molar-refractivity contribution in [3.8, 4) is 29.0 Å². The van der Waals surface area contributed by atoms with Crippen molar-refractivity contribution in [1.82, 2.24) is 9.13 Å². The van der Waals surface area contributed by atoms with Gasteiger partial charge in [0.2, 0.25) is 0 Å². The van der Waals surface area contributed by atoms with E-state index in [4.69, 9.17) is 0 Å². The first kappa shape index (κ1) is 30.0. The molecule has 4 nitrogen and oxygen atoms in total. The van der Waals surface area contributed by atoms with E-state index in [1.54, 1.807) is 0 Å². The number of aromatic nitrogens is 2. The van der Waals surface area contributed by atoms with E-state index in [1.807, 2.05) is 36.4 Å². The van der Waals surface area contributed by atoms with Crippen LogP contribution in [0.3, 0.4) is 0 Å². The summed E-state index contributed by atoms with van der Waals surface area (Å²) >= 11 is 0. The summed E-state index contributed by atoms with van der Waals surface area (Å²) in [6.45, 7) is 2.16. The Morgan fingerprint density at radius 2 is 1.43 bits per heavy atom. The maximum Gasteiger partial charge on any atom is 0.0998 e. The molecule has 0 bridgehead atoms. The Bertz CT molecular complexity index is 2590. The highest BCUT2D eigenvalue weighted by molar-refractivity contribution is 6.12. The van der Waals surface area contributed by atoms with Gasteiger partial charge in [-0.05, 0) is 79.3 Å². The van der Waals surface area contributed by atoms with Crippen LogP contribution in [0.1, 0.15) is 47.7 Å². The molecule has 0 radical (unpaired) electrons. The first-order chi connectivity index (χ1) is 24.2. The minimum absolute atomic E-state index is 0.611. The van der Waals surface area contributed by atoms with Crippen LogP contribution in [0.25, 0.3) is 61.3 Å². The molecule has 2 heterocycles. The molecule has 0 N–H and O–H groups in total. The van der Waals surface area contributed by atoms with E-state index >= 15 is 0 Å². The third-order valence-electron chi connectivity index (χ3n) is 9.79. The Morgan fingerprint density at radius 1 is 0.735 bits per heavy atom. The van der Waals surface area contributed by atoms with Gasteiger partial charge in [-0.15, -0.1) is 0 Å². The van der Waals surface area contributed by atoms with E-state index in [-0.39, 0.29) is 0 Å². The van der Waals surface area contributed by atoms with Crippen LogP contribution in [0.15, 0.2) is 133 Å². The SMILES string of the molecule is CC/C(=C\C=C/Cc1c(C#N)cccc1-c1ccccc1-n1c2c(c3ccccc31)C=CCC2)n1c2ccccc2c2c(C#N)cccc21. The van der Waals surface area contributed by atoms with Crippen molar-refractivity contribution in [1.29, 1.82) is 10.5 Å². The van der Waals surface area contributed by atoms with E-state index in [9.17, 15) is 10.5 Å². The van der Waals surface area contributed by atoms with Crippen LogP contribution >= 0.6 is 0 Å². The monoisotopic (exact) mass is 630 g/mol. The molecule has 0 aliphatic heterocycles. The molecule has 49 heavy (non-hydrogen) atoms. The Labute approximate surface area is 286 Å². The minimum Gasteiger partial charge on any atom is -0.313 e. The van der Waals surface area contributed by atoms with Gasteiger partial charge in [-0.1, -0.05) is 104 Å². The number of hydrogen-bond acceptors (Lipinski definition) is 2. The van der Waals surface area contributed by atoms with E-state index in [0.29, 0.717) is 17.5 Å². The molecule has 234 valence electrons. The quantitative estimate of drug-likeness (QED) is 0.165. The molecule has 5 aromatic carbocycles. The lowest BCUT2D eigenvalue weighted by molar-refractivity contribution is 0.889. The largest absolute Gasteiger partial charge is 0.313 e. The Balaban J connectivity index is 1.21. The first-order valence-electron chi connectivity index (χ1n) is 16.9. The summed E-state index contributed by atoms with van der Waals surface area (Å²) in [5.74, 6) is 0. The fraction of sp³-hybridized carbons (Fsp3) is 0.111. The number of nitriles is 2. The van der Waals surface area contributed by atoms with Crippen LogP contribution in [-0.2, 0) is 12.8 Å². The normalized spacial score (nSPS) is 12.9. The van der Waals surface area contributed by atoms with Gasteiger partial charge in [0.05, 0.1) is 45.5 Å². The van der Waals surface area contributed by atoms with Gasteiger partial charge in [-0.25, -0.2) is 0 Å². The van der Waals surface area contributed by atoms with Gasteiger partial charge in [0, 0.05) is 38.7 Å². The van der Waals surface area contributed by atoms with Crippen LogP contribution in [0.4, 0.5) is 0 Å². The zero-order valence-corrected chi connectivity index (χ0v) is 27.4. The fourth-order valence-electron chi connectivity index (χ4n) is 7.64. The smallest absolute Gasteiger partial charge is 0.0998 e. The molecule has 1 aliphatic rings. The number of allylic oxidation sites excluding steroid dienone is 5. The maximum atomic E-state index is 10.3. The zero-order valence-electron chi connectivity index (χ0n) is 27.4. The molecule has 2 aromatic heterocycles. The summed E-state index contributed by atoms with van der Waals surface area (Å²) in [6, 6.07) is 42.4. The summed E-state index contributed by atoms with van der Waals surface area (Å²) in [4.78, 5) is 0. The molecule has 0 saturated heterocycles. The van der Waals surface area contributed by atoms with Gasteiger partial charge in [0.15, 0.2) is 0 Å². The lowest BCUT2D eigenvalue weighted by atomic mass is 9.92. The Kier molecular flexibility index (Phi) is 7.77. The van der Waals surface area contributed by atoms with Gasteiger partial charge >= 0.3 is 0 Å². The second-order valence-electron chi connectivity index (χ2n) is 12.4. The molecular weight excluding hydrogens is 597 g/mol. The van der Waals surface area contributed by atoms with E-state index in [0.717, 1.165) is 69.1 Å². The van der Waals surface area contributed by atoms with Crippen molar-refractivity contribution in [3.63, 3.8) is 0 Å². The van der Waals surface area contributed by atoms with E-state index in [2.05, 4.69) is 131 Å². The number of benzene rings is 5. The minimum atomic E-state index is 0.611. The van der Waals surface area contributed by atoms with Crippen LogP contribution in [-0.4, -0.2) is 9.13 Å². The highest BCUT2D eigenvalue weighted by Gasteiger charge is 2.21. The predicted molar refractivity (Wildman–Crippen MR) is 202 cm³/mol. The highest BCUT2D eigenvalue weighted by atomic mass is 15.0. The van der Waals surface area contributed by atoms with Gasteiger partial charge in [-0.2, -0.15) is 10.5 Å². The van der Waals surface area contributed by atoms with E-state index in [1.165, 1.54) is 22.2 Å². The molecule has 1 aliphatic carbocycles. The van der Waals surface area contributed by atoms with Crippen molar-refractivity contribution in [3.05, 3.63) is 161 Å². The van der Waals surface area contributed by atoms with Crippen LogP contribution < -0.4 is 0 Å². The zero-order chi connectivity index (χ0) is 33.3. The Morgan fingerprint density at radius 3 is 2.27 bits per heavy atom. The summed E-state index contributed by atoms with van der Waals surface area (Å²) in [7, 11) is 0. The summed E-state index contributed by atoms with van der Waals surface area (Å²) in [5.41, 5.74) is 12.8. The molecule has 4 heteroatoms. The third kappa shape index (κ3) is 4.98. The molecule has 0 atom stereocenters. The second kappa shape index (κ2) is 12.7. The molecular formula is C45H34N4. The average molecular weight is 631 g/mol. The number of rotatable bonds is 7.